The Balaban J connectivity index is 1.41. The minimum Gasteiger partial charge on any atom is -0.479 e. The SMILES string of the molecule is C[C@@H]1CCC2[C@@H](C)[C@H](OC3OC(C(=O)O)C(O)C(O)C3O)O[C@@H]3O[C@@]4(C)CC[C@@H]1C23OO4. The third-order valence-electron chi connectivity index (χ3n) is 8.18. The van der Waals surface area contributed by atoms with Crippen LogP contribution in [-0.2, 0) is 33.5 Å². The Morgan fingerprint density at radius 2 is 1.69 bits per heavy atom. The molecule has 32 heavy (non-hydrogen) atoms. The van der Waals surface area contributed by atoms with Crippen molar-refractivity contribution in [3.05, 3.63) is 0 Å². The second-order valence-electron chi connectivity index (χ2n) is 10.1. The first-order chi connectivity index (χ1) is 15.1. The van der Waals surface area contributed by atoms with E-state index in [0.29, 0.717) is 12.3 Å². The van der Waals surface area contributed by atoms with Crippen LogP contribution in [0.2, 0.25) is 0 Å². The van der Waals surface area contributed by atoms with Crippen molar-refractivity contribution in [2.45, 2.75) is 101 Å². The Labute approximate surface area is 185 Å². The van der Waals surface area contributed by atoms with Crippen LogP contribution >= 0.6 is 0 Å². The summed E-state index contributed by atoms with van der Waals surface area (Å²) < 4.78 is 23.7. The van der Waals surface area contributed by atoms with Gasteiger partial charge in [0.05, 0.1) is 0 Å². The van der Waals surface area contributed by atoms with Crippen LogP contribution in [0.15, 0.2) is 0 Å². The highest BCUT2D eigenvalue weighted by Crippen LogP contribution is 2.60. The van der Waals surface area contributed by atoms with E-state index in [4.69, 9.17) is 28.7 Å². The van der Waals surface area contributed by atoms with Crippen molar-refractivity contribution in [3.8, 4) is 0 Å². The van der Waals surface area contributed by atoms with Crippen molar-refractivity contribution in [2.75, 3.05) is 0 Å². The van der Waals surface area contributed by atoms with E-state index in [2.05, 4.69) is 6.92 Å². The fourth-order valence-corrected chi connectivity index (χ4v) is 6.32. The third kappa shape index (κ3) is 3.25. The van der Waals surface area contributed by atoms with E-state index in [9.17, 15) is 25.2 Å². The highest BCUT2D eigenvalue weighted by atomic mass is 17.3. The van der Waals surface area contributed by atoms with Gasteiger partial charge in [0.2, 0.25) is 5.79 Å². The van der Waals surface area contributed by atoms with Gasteiger partial charge in [-0.2, -0.15) is 0 Å². The highest BCUT2D eigenvalue weighted by molar-refractivity contribution is 5.73. The molecule has 1 saturated carbocycles. The van der Waals surface area contributed by atoms with Crippen LogP contribution in [0.25, 0.3) is 0 Å². The summed E-state index contributed by atoms with van der Waals surface area (Å²) in [5.74, 6) is -2.14. The molecule has 1 spiro atoms. The fraction of sp³-hybridized carbons (Fsp3) is 0.952. The van der Waals surface area contributed by atoms with Crippen molar-refractivity contribution < 1.29 is 53.9 Å². The topological polar surface area (TPSA) is 153 Å². The van der Waals surface area contributed by atoms with Gasteiger partial charge in [0.1, 0.15) is 18.3 Å². The molecular formula is C21H32O11. The van der Waals surface area contributed by atoms with Crippen molar-refractivity contribution in [1.29, 1.82) is 0 Å². The molecule has 7 unspecified atom stereocenters. The van der Waals surface area contributed by atoms with Crippen LogP contribution in [-0.4, -0.2) is 81.1 Å². The van der Waals surface area contributed by atoms with Crippen LogP contribution in [0.4, 0.5) is 0 Å². The maximum atomic E-state index is 11.4. The summed E-state index contributed by atoms with van der Waals surface area (Å²) in [6, 6.07) is 0. The molecule has 6 aliphatic rings. The molecule has 5 saturated heterocycles. The molecule has 182 valence electrons. The number of aliphatic carboxylic acids is 1. The maximum Gasteiger partial charge on any atom is 0.335 e. The number of hydrogen-bond acceptors (Lipinski definition) is 10. The van der Waals surface area contributed by atoms with Gasteiger partial charge in [0.15, 0.2) is 30.6 Å². The van der Waals surface area contributed by atoms with Crippen LogP contribution in [0.1, 0.15) is 46.5 Å². The number of aliphatic hydroxyl groups excluding tert-OH is 3. The Hall–Kier alpha value is -0.890. The molecular weight excluding hydrogens is 428 g/mol. The lowest BCUT2D eigenvalue weighted by molar-refractivity contribution is -0.579. The standard InChI is InChI=1S/C21H32O11/c1-8-4-5-11-9(2)17(28-18-14(24)12(22)13(23)15(27-18)16(25)26)29-19-21(11)10(8)6-7-20(3,30-19)31-32-21/h8-15,17-19,22-24H,4-7H2,1-3H3,(H,25,26)/t8-,9-,10+,11?,12?,13?,14?,15?,17-,18?,19-,20-,21?/m1/s1. The summed E-state index contributed by atoms with van der Waals surface area (Å²) >= 11 is 0. The number of fused-ring (bicyclic) bond motifs is 2. The van der Waals surface area contributed by atoms with E-state index in [0.717, 1.165) is 19.3 Å². The maximum absolute atomic E-state index is 11.4. The smallest absolute Gasteiger partial charge is 0.335 e. The molecule has 0 aromatic rings. The van der Waals surface area contributed by atoms with Crippen molar-refractivity contribution in [1.82, 2.24) is 0 Å². The van der Waals surface area contributed by atoms with Gasteiger partial charge in [-0.15, -0.1) is 0 Å². The molecule has 0 radical (unpaired) electrons. The third-order valence-corrected chi connectivity index (χ3v) is 8.18. The van der Waals surface area contributed by atoms with Crippen LogP contribution in [0.5, 0.6) is 0 Å². The van der Waals surface area contributed by atoms with E-state index >= 15 is 0 Å². The predicted octanol–water partition coefficient (Wildman–Crippen LogP) is 0.103. The summed E-state index contributed by atoms with van der Waals surface area (Å²) in [7, 11) is 0. The first kappa shape index (κ1) is 22.9. The van der Waals surface area contributed by atoms with Gasteiger partial charge in [-0.3, -0.25) is 0 Å². The largest absolute Gasteiger partial charge is 0.479 e. The quantitative estimate of drug-likeness (QED) is 0.424. The van der Waals surface area contributed by atoms with Gasteiger partial charge in [-0.1, -0.05) is 13.8 Å². The summed E-state index contributed by atoms with van der Waals surface area (Å²) in [6.07, 6.45) is -6.80. The molecule has 0 aromatic carbocycles. The summed E-state index contributed by atoms with van der Waals surface area (Å²) in [4.78, 5) is 23.2. The molecule has 13 atom stereocenters. The van der Waals surface area contributed by atoms with E-state index < -0.39 is 60.6 Å². The zero-order valence-corrected chi connectivity index (χ0v) is 18.3. The number of carbonyl (C=O) groups is 1. The van der Waals surface area contributed by atoms with Crippen LogP contribution < -0.4 is 0 Å². The predicted molar refractivity (Wildman–Crippen MR) is 102 cm³/mol. The van der Waals surface area contributed by atoms with E-state index in [-0.39, 0.29) is 17.8 Å². The Bertz CT molecular complexity index is 749. The van der Waals surface area contributed by atoms with E-state index in [1.807, 2.05) is 6.92 Å². The average Bonchev–Trinajstić information content (AvgIpc) is 2.97. The minimum absolute atomic E-state index is 0.0402. The summed E-state index contributed by atoms with van der Waals surface area (Å²) in [6.45, 7) is 5.94. The van der Waals surface area contributed by atoms with Gasteiger partial charge < -0.3 is 39.4 Å². The number of carboxylic acids is 1. The lowest BCUT2D eigenvalue weighted by Crippen LogP contribution is -2.71. The normalized spacial score (nSPS) is 57.5. The van der Waals surface area contributed by atoms with E-state index in [1.165, 1.54) is 0 Å². The molecule has 11 nitrogen and oxygen atoms in total. The summed E-state index contributed by atoms with van der Waals surface area (Å²) in [5, 5.41) is 39.7. The number of rotatable bonds is 3. The lowest BCUT2D eigenvalue weighted by Gasteiger charge is -2.60. The monoisotopic (exact) mass is 460 g/mol. The van der Waals surface area contributed by atoms with Gasteiger partial charge in [-0.25, -0.2) is 14.6 Å². The number of aliphatic hydroxyl groups is 3. The fourth-order valence-electron chi connectivity index (χ4n) is 6.32. The van der Waals surface area contributed by atoms with Crippen LogP contribution in [0, 0.1) is 23.7 Å². The zero-order chi connectivity index (χ0) is 23.0. The molecule has 6 rings (SSSR count). The van der Waals surface area contributed by atoms with Crippen molar-refractivity contribution >= 4 is 5.97 Å². The van der Waals surface area contributed by atoms with E-state index in [1.54, 1.807) is 6.92 Å². The second kappa shape index (κ2) is 7.82. The van der Waals surface area contributed by atoms with Gasteiger partial charge >= 0.3 is 5.97 Å². The number of hydrogen-bond donors (Lipinski definition) is 4. The van der Waals surface area contributed by atoms with Crippen molar-refractivity contribution in [3.63, 3.8) is 0 Å². The van der Waals surface area contributed by atoms with Crippen molar-refractivity contribution in [2.24, 2.45) is 23.7 Å². The van der Waals surface area contributed by atoms with Crippen LogP contribution in [0.3, 0.4) is 0 Å². The molecule has 2 bridgehead atoms. The second-order valence-corrected chi connectivity index (χ2v) is 10.1. The molecule has 1 aliphatic carbocycles. The molecule has 0 amide bonds. The van der Waals surface area contributed by atoms with Gasteiger partial charge in [0, 0.05) is 18.3 Å². The van der Waals surface area contributed by atoms with Gasteiger partial charge in [0.25, 0.3) is 0 Å². The highest BCUT2D eigenvalue weighted by Gasteiger charge is 2.69. The zero-order valence-electron chi connectivity index (χ0n) is 18.3. The average molecular weight is 460 g/mol. The Morgan fingerprint density at radius 3 is 2.41 bits per heavy atom. The molecule has 0 aromatic heterocycles. The van der Waals surface area contributed by atoms with Gasteiger partial charge in [-0.05, 0) is 38.0 Å². The molecule has 5 aliphatic heterocycles. The number of carboxylic acid groups (broad SMARTS) is 1. The molecule has 5 heterocycles. The molecule has 11 heteroatoms. The Kier molecular flexibility index (Phi) is 5.59. The first-order valence-electron chi connectivity index (χ1n) is 11.4. The minimum atomic E-state index is -1.79. The Morgan fingerprint density at radius 1 is 0.938 bits per heavy atom. The first-order valence-corrected chi connectivity index (χ1v) is 11.4. The lowest BCUT2D eigenvalue weighted by atomic mass is 9.58. The molecule has 6 fully saturated rings. The number of ether oxygens (including phenoxy) is 4. The molecule has 4 N–H and O–H groups in total. The summed E-state index contributed by atoms with van der Waals surface area (Å²) in [5.41, 5.74) is -0.793.